The van der Waals surface area contributed by atoms with Crippen LogP contribution < -0.4 is 19.1 Å². The molecule has 0 heterocycles. The van der Waals surface area contributed by atoms with Crippen LogP contribution in [-0.2, 0) is 16.4 Å². The number of hydrogen-bond acceptors (Lipinski definition) is 5. The molecule has 27 heavy (non-hydrogen) atoms. The zero-order chi connectivity index (χ0) is 20.0. The number of nitrogens with one attached hydrogen (secondary N) is 1. The molecular weight excluding hydrogens is 368 g/mol. The van der Waals surface area contributed by atoms with E-state index in [1.807, 2.05) is 30.3 Å². The summed E-state index contributed by atoms with van der Waals surface area (Å²) < 4.78 is 35.5. The second kappa shape index (κ2) is 8.77. The van der Waals surface area contributed by atoms with Crippen LogP contribution in [0.1, 0.15) is 15.9 Å². The Balaban J connectivity index is 2.30. The zero-order valence-corrected chi connectivity index (χ0v) is 16.7. The van der Waals surface area contributed by atoms with Gasteiger partial charge in [-0.1, -0.05) is 30.3 Å². The highest BCUT2D eigenvalue weighted by Gasteiger charge is 2.23. The van der Waals surface area contributed by atoms with Crippen molar-refractivity contribution < 1.29 is 22.7 Å². The molecule has 7 nitrogen and oxygen atoms in total. The molecule has 0 atom stereocenters. The van der Waals surface area contributed by atoms with Crippen LogP contribution in [0.2, 0.25) is 0 Å². The topological polar surface area (TPSA) is 84.9 Å². The van der Waals surface area contributed by atoms with Gasteiger partial charge in [0.05, 0.1) is 31.7 Å². The Morgan fingerprint density at radius 1 is 1.07 bits per heavy atom. The Bertz CT molecular complexity index is 898. The molecular formula is C19H24N2O5S. The number of methoxy groups -OCH3 is 2. The molecule has 0 fully saturated rings. The summed E-state index contributed by atoms with van der Waals surface area (Å²) in [6, 6.07) is 12.7. The summed E-state index contributed by atoms with van der Waals surface area (Å²) in [7, 11) is 0.723. The first-order valence-electron chi connectivity index (χ1n) is 8.30. The fourth-order valence-corrected chi connectivity index (χ4v) is 3.06. The standard InChI is InChI=1S/C19H24N2O5S/c1-21(27(4,23)24)16-13-18(26-3)17(25-2)12-15(16)19(22)20-11-10-14-8-6-5-7-9-14/h5-9,12-13H,10-11H2,1-4H3,(H,20,22). The average Bonchev–Trinajstić information content (AvgIpc) is 2.66. The van der Waals surface area contributed by atoms with Gasteiger partial charge >= 0.3 is 0 Å². The van der Waals surface area contributed by atoms with E-state index in [0.29, 0.717) is 24.5 Å². The number of benzene rings is 2. The van der Waals surface area contributed by atoms with Gasteiger partial charge in [-0.25, -0.2) is 8.42 Å². The number of anilines is 1. The fraction of sp³-hybridized carbons (Fsp3) is 0.316. The van der Waals surface area contributed by atoms with Crippen molar-refractivity contribution in [2.75, 3.05) is 38.4 Å². The van der Waals surface area contributed by atoms with Crippen LogP contribution >= 0.6 is 0 Å². The van der Waals surface area contributed by atoms with Gasteiger partial charge in [0.15, 0.2) is 11.5 Å². The maximum Gasteiger partial charge on any atom is 0.253 e. The van der Waals surface area contributed by atoms with Gasteiger partial charge < -0.3 is 14.8 Å². The van der Waals surface area contributed by atoms with Crippen LogP contribution in [0.15, 0.2) is 42.5 Å². The molecule has 2 aromatic rings. The summed E-state index contributed by atoms with van der Waals surface area (Å²) in [5, 5.41) is 2.83. The number of ether oxygens (including phenoxy) is 2. The van der Waals surface area contributed by atoms with Gasteiger partial charge in [0.2, 0.25) is 10.0 Å². The van der Waals surface area contributed by atoms with E-state index >= 15 is 0 Å². The van der Waals surface area contributed by atoms with E-state index in [-0.39, 0.29) is 11.3 Å². The van der Waals surface area contributed by atoms with E-state index < -0.39 is 15.9 Å². The molecule has 0 spiro atoms. The third-order valence-electron chi connectivity index (χ3n) is 4.13. The number of amides is 1. The van der Waals surface area contributed by atoms with E-state index in [0.717, 1.165) is 16.1 Å². The molecule has 1 amide bonds. The maximum atomic E-state index is 12.7. The molecule has 0 aliphatic carbocycles. The van der Waals surface area contributed by atoms with Crippen LogP contribution in [-0.4, -0.2) is 48.4 Å². The van der Waals surface area contributed by atoms with Crippen LogP contribution in [0.3, 0.4) is 0 Å². The van der Waals surface area contributed by atoms with Crippen molar-refractivity contribution in [1.82, 2.24) is 5.32 Å². The molecule has 0 aliphatic rings. The van der Waals surface area contributed by atoms with Crippen molar-refractivity contribution in [1.29, 1.82) is 0 Å². The smallest absolute Gasteiger partial charge is 0.253 e. The third kappa shape index (κ3) is 5.13. The Kier molecular flexibility index (Phi) is 6.68. The van der Waals surface area contributed by atoms with Crippen LogP contribution in [0.5, 0.6) is 11.5 Å². The Hall–Kier alpha value is -2.74. The van der Waals surface area contributed by atoms with Gasteiger partial charge in [0.1, 0.15) is 0 Å². The summed E-state index contributed by atoms with van der Waals surface area (Å²) in [6.45, 7) is 0.416. The molecule has 1 N–H and O–H groups in total. The number of hydrogen-bond donors (Lipinski definition) is 1. The quantitative estimate of drug-likeness (QED) is 0.743. The second-order valence-electron chi connectivity index (χ2n) is 5.95. The van der Waals surface area contributed by atoms with Crippen molar-refractivity contribution in [3.8, 4) is 11.5 Å². The summed E-state index contributed by atoms with van der Waals surface area (Å²) in [4.78, 5) is 12.7. The molecule has 2 aromatic carbocycles. The lowest BCUT2D eigenvalue weighted by Crippen LogP contribution is -2.31. The summed E-state index contributed by atoms with van der Waals surface area (Å²) in [5.41, 5.74) is 1.50. The monoisotopic (exact) mass is 392 g/mol. The molecule has 0 unspecified atom stereocenters. The summed E-state index contributed by atoms with van der Waals surface area (Å²) in [5.74, 6) is 0.289. The highest BCUT2D eigenvalue weighted by molar-refractivity contribution is 7.92. The van der Waals surface area contributed by atoms with E-state index in [2.05, 4.69) is 5.32 Å². The second-order valence-corrected chi connectivity index (χ2v) is 7.96. The van der Waals surface area contributed by atoms with Crippen molar-refractivity contribution >= 4 is 21.6 Å². The minimum Gasteiger partial charge on any atom is -0.493 e. The minimum absolute atomic E-state index is 0.189. The van der Waals surface area contributed by atoms with Crippen LogP contribution in [0.4, 0.5) is 5.69 Å². The SMILES string of the molecule is COc1cc(C(=O)NCCc2ccccc2)c(N(C)S(C)(=O)=O)cc1OC. The molecule has 0 aromatic heterocycles. The largest absolute Gasteiger partial charge is 0.493 e. The van der Waals surface area contributed by atoms with Gasteiger partial charge in [0, 0.05) is 19.7 Å². The lowest BCUT2D eigenvalue weighted by atomic mass is 10.1. The highest BCUT2D eigenvalue weighted by Crippen LogP contribution is 2.35. The zero-order valence-electron chi connectivity index (χ0n) is 15.9. The van der Waals surface area contributed by atoms with Gasteiger partial charge in [-0.05, 0) is 18.1 Å². The molecule has 2 rings (SSSR count). The fourth-order valence-electron chi connectivity index (χ4n) is 2.55. The van der Waals surface area contributed by atoms with E-state index in [4.69, 9.17) is 9.47 Å². The number of sulfonamides is 1. The van der Waals surface area contributed by atoms with Crippen LogP contribution in [0, 0.1) is 0 Å². The predicted molar refractivity (Wildman–Crippen MR) is 105 cm³/mol. The lowest BCUT2D eigenvalue weighted by Gasteiger charge is -2.22. The van der Waals surface area contributed by atoms with Crippen LogP contribution in [0.25, 0.3) is 0 Å². The molecule has 0 bridgehead atoms. The number of rotatable bonds is 8. The number of carbonyl (C=O) groups excluding carboxylic acids is 1. The molecule has 8 heteroatoms. The molecule has 146 valence electrons. The average molecular weight is 392 g/mol. The van der Waals surface area contributed by atoms with Crippen molar-refractivity contribution in [3.63, 3.8) is 0 Å². The van der Waals surface area contributed by atoms with Crippen molar-refractivity contribution in [2.24, 2.45) is 0 Å². The lowest BCUT2D eigenvalue weighted by molar-refractivity contribution is 0.0954. The first kappa shape index (κ1) is 20.6. The first-order chi connectivity index (χ1) is 12.8. The van der Waals surface area contributed by atoms with Crippen molar-refractivity contribution in [2.45, 2.75) is 6.42 Å². The van der Waals surface area contributed by atoms with Crippen molar-refractivity contribution in [3.05, 3.63) is 53.6 Å². The highest BCUT2D eigenvalue weighted by atomic mass is 32.2. The molecule has 0 saturated heterocycles. The first-order valence-corrected chi connectivity index (χ1v) is 10.1. The predicted octanol–water partition coefficient (Wildman–Crippen LogP) is 2.07. The van der Waals surface area contributed by atoms with E-state index in [9.17, 15) is 13.2 Å². The normalized spacial score (nSPS) is 11.0. The molecule has 0 radical (unpaired) electrons. The van der Waals surface area contributed by atoms with Gasteiger partial charge in [-0.15, -0.1) is 0 Å². The third-order valence-corrected chi connectivity index (χ3v) is 5.32. The Labute approximate surface area is 160 Å². The maximum absolute atomic E-state index is 12.7. The number of nitrogens with zero attached hydrogens (tertiary/aromatic N) is 1. The number of carbonyl (C=O) groups is 1. The summed E-state index contributed by atoms with van der Waals surface area (Å²) >= 11 is 0. The van der Waals surface area contributed by atoms with Gasteiger partial charge in [-0.3, -0.25) is 9.10 Å². The Morgan fingerprint density at radius 3 is 2.22 bits per heavy atom. The summed E-state index contributed by atoms with van der Waals surface area (Å²) in [6.07, 6.45) is 1.73. The van der Waals surface area contributed by atoms with E-state index in [1.165, 1.54) is 33.4 Å². The Morgan fingerprint density at radius 2 is 1.67 bits per heavy atom. The molecule has 0 aliphatic heterocycles. The van der Waals surface area contributed by atoms with E-state index in [1.54, 1.807) is 0 Å². The molecule has 0 saturated carbocycles. The minimum atomic E-state index is -3.56. The van der Waals surface area contributed by atoms with Gasteiger partial charge in [0.25, 0.3) is 5.91 Å². The van der Waals surface area contributed by atoms with Gasteiger partial charge in [-0.2, -0.15) is 0 Å².